The average Bonchev–Trinajstić information content (AvgIpc) is 3.19. The predicted octanol–water partition coefficient (Wildman–Crippen LogP) is 8.22. The third kappa shape index (κ3) is 5.37. The van der Waals surface area contributed by atoms with E-state index in [1.165, 1.54) is 5.56 Å². The molecule has 4 aromatic rings. The normalized spacial score (nSPS) is 18.1. The molecule has 2 unspecified atom stereocenters. The lowest BCUT2D eigenvalue weighted by atomic mass is 9.77. The van der Waals surface area contributed by atoms with Gasteiger partial charge in [0, 0.05) is 23.3 Å². The number of para-hydroxylation sites is 2. The van der Waals surface area contributed by atoms with Gasteiger partial charge in [0.2, 0.25) is 0 Å². The summed E-state index contributed by atoms with van der Waals surface area (Å²) in [5, 5.41) is 3.62. The van der Waals surface area contributed by atoms with Gasteiger partial charge in [-0.05, 0) is 70.8 Å². The third-order valence-corrected chi connectivity index (χ3v) is 8.70. The van der Waals surface area contributed by atoms with E-state index in [1.54, 1.807) is 19.1 Å². The van der Waals surface area contributed by atoms with Crippen LogP contribution in [0.4, 0.5) is 11.4 Å². The van der Waals surface area contributed by atoms with Gasteiger partial charge in [0.15, 0.2) is 17.3 Å². The number of anilines is 2. The second-order valence-electron chi connectivity index (χ2n) is 12.5. The lowest BCUT2D eigenvalue weighted by Crippen LogP contribution is -2.38. The fourth-order valence-electron chi connectivity index (χ4n) is 6.36. The van der Waals surface area contributed by atoms with Gasteiger partial charge in [-0.15, -0.1) is 0 Å². The summed E-state index contributed by atoms with van der Waals surface area (Å²) in [6, 6.07) is 30.6. The van der Waals surface area contributed by atoms with Crippen molar-refractivity contribution in [3.8, 4) is 11.5 Å². The van der Waals surface area contributed by atoms with Crippen molar-refractivity contribution >= 4 is 23.1 Å². The first-order valence-corrected chi connectivity index (χ1v) is 15.0. The Bertz CT molecular complexity index is 1740. The topological polar surface area (TPSA) is 67.9 Å². The quantitative estimate of drug-likeness (QED) is 0.255. The van der Waals surface area contributed by atoms with Crippen molar-refractivity contribution in [3.05, 3.63) is 131 Å². The van der Waals surface area contributed by atoms with Gasteiger partial charge in [-0.1, -0.05) is 81.4 Å². The molecular formula is C38H38N2O4. The van der Waals surface area contributed by atoms with E-state index in [9.17, 15) is 9.59 Å². The number of carbonyl (C=O) groups is 2. The van der Waals surface area contributed by atoms with E-state index in [4.69, 9.17) is 9.47 Å². The van der Waals surface area contributed by atoms with Gasteiger partial charge in [-0.25, -0.2) is 0 Å². The van der Waals surface area contributed by atoms with Crippen molar-refractivity contribution in [2.75, 3.05) is 24.4 Å². The van der Waals surface area contributed by atoms with Gasteiger partial charge in [-0.3, -0.25) is 14.5 Å². The zero-order chi connectivity index (χ0) is 31.0. The van der Waals surface area contributed by atoms with E-state index >= 15 is 0 Å². The molecule has 224 valence electrons. The number of amides is 1. The number of hydrogen-bond acceptors (Lipinski definition) is 5. The summed E-state index contributed by atoms with van der Waals surface area (Å²) in [5.41, 5.74) is 6.66. The van der Waals surface area contributed by atoms with Crippen LogP contribution in [0, 0.1) is 0 Å². The molecule has 0 spiro atoms. The van der Waals surface area contributed by atoms with Gasteiger partial charge in [0.1, 0.15) is 0 Å². The Hall–Kier alpha value is -4.84. The molecule has 0 saturated carbocycles. The maximum atomic E-state index is 14.5. The summed E-state index contributed by atoms with van der Waals surface area (Å²) in [4.78, 5) is 30.6. The Balaban J connectivity index is 1.53. The van der Waals surface area contributed by atoms with Crippen LogP contribution in [0.2, 0.25) is 0 Å². The molecule has 0 saturated heterocycles. The van der Waals surface area contributed by atoms with Crippen LogP contribution < -0.4 is 19.7 Å². The molecule has 0 radical (unpaired) electrons. The van der Waals surface area contributed by atoms with Crippen molar-refractivity contribution < 1.29 is 19.1 Å². The SMILES string of the molecule is COc1ccc(C2C3=C(CC(c4ccc(C(C)(C)C)cc4)CC3=O)Nc3ccccc3N2C(=O)c2ccccc2)cc1OC. The maximum absolute atomic E-state index is 14.5. The van der Waals surface area contributed by atoms with E-state index in [2.05, 4.69) is 50.4 Å². The fraction of sp³-hybridized carbons (Fsp3) is 0.263. The van der Waals surface area contributed by atoms with Crippen molar-refractivity contribution in [1.29, 1.82) is 0 Å². The first kappa shape index (κ1) is 29.2. The molecular weight excluding hydrogens is 548 g/mol. The standard InChI is InChI=1S/C38H38N2O4/c1-38(2,3)28-18-15-24(16-19-28)27-21-30-35(32(41)22-27)36(26-17-20-33(43-4)34(23-26)44-5)40(31-14-10-9-13-29(31)39-30)37(42)25-11-7-6-8-12-25/h6-20,23,27,36,39H,21-22H2,1-5H3. The molecule has 6 nitrogen and oxygen atoms in total. The van der Waals surface area contributed by atoms with Crippen LogP contribution in [0.1, 0.15) is 72.6 Å². The van der Waals surface area contributed by atoms with Crippen molar-refractivity contribution in [1.82, 2.24) is 0 Å². The highest BCUT2D eigenvalue weighted by molar-refractivity contribution is 6.12. The number of methoxy groups -OCH3 is 2. The first-order valence-electron chi connectivity index (χ1n) is 15.0. The number of nitrogens with zero attached hydrogens (tertiary/aromatic N) is 1. The number of hydrogen-bond donors (Lipinski definition) is 1. The van der Waals surface area contributed by atoms with Crippen molar-refractivity contribution in [3.63, 3.8) is 0 Å². The highest BCUT2D eigenvalue weighted by Gasteiger charge is 2.42. The van der Waals surface area contributed by atoms with E-state index in [-0.39, 0.29) is 23.0 Å². The number of rotatable bonds is 5. The average molecular weight is 587 g/mol. The number of carbonyl (C=O) groups excluding carboxylic acids is 2. The van der Waals surface area contributed by atoms with Gasteiger partial charge in [-0.2, -0.15) is 0 Å². The summed E-state index contributed by atoms with van der Waals surface area (Å²) in [5.74, 6) is 0.942. The Labute approximate surface area is 259 Å². The largest absolute Gasteiger partial charge is 0.493 e. The number of Topliss-reactive ketones (excluding diaryl/α,β-unsaturated/α-hetero) is 1. The molecule has 0 fully saturated rings. The smallest absolute Gasteiger partial charge is 0.259 e. The number of nitrogens with one attached hydrogen (secondary N) is 1. The fourth-order valence-corrected chi connectivity index (χ4v) is 6.36. The molecule has 6 heteroatoms. The van der Waals surface area contributed by atoms with Gasteiger partial charge >= 0.3 is 0 Å². The number of ether oxygens (including phenoxy) is 2. The second kappa shape index (κ2) is 11.7. The molecule has 44 heavy (non-hydrogen) atoms. The van der Waals surface area contributed by atoms with Crippen molar-refractivity contribution in [2.24, 2.45) is 0 Å². The molecule has 1 heterocycles. The highest BCUT2D eigenvalue weighted by atomic mass is 16.5. The van der Waals surface area contributed by atoms with E-state index in [1.807, 2.05) is 72.8 Å². The van der Waals surface area contributed by atoms with Crippen LogP contribution in [0.5, 0.6) is 11.5 Å². The minimum atomic E-state index is -0.689. The Morgan fingerprint density at radius 3 is 2.14 bits per heavy atom. The van der Waals surface area contributed by atoms with E-state index in [0.29, 0.717) is 41.2 Å². The van der Waals surface area contributed by atoms with Gasteiger partial charge < -0.3 is 14.8 Å². The number of fused-ring (bicyclic) bond motifs is 1. The maximum Gasteiger partial charge on any atom is 0.259 e. The van der Waals surface area contributed by atoms with Crippen LogP contribution in [-0.4, -0.2) is 25.9 Å². The minimum absolute atomic E-state index is 0.0114. The zero-order valence-corrected chi connectivity index (χ0v) is 25.9. The van der Waals surface area contributed by atoms with E-state index < -0.39 is 6.04 Å². The molecule has 0 bridgehead atoms. The number of ketones is 1. The second-order valence-corrected chi connectivity index (χ2v) is 12.5. The van der Waals surface area contributed by atoms with Crippen LogP contribution in [0.15, 0.2) is 108 Å². The highest BCUT2D eigenvalue weighted by Crippen LogP contribution is 2.49. The van der Waals surface area contributed by atoms with E-state index in [0.717, 1.165) is 22.5 Å². The summed E-state index contributed by atoms with van der Waals surface area (Å²) < 4.78 is 11.2. The van der Waals surface area contributed by atoms with Crippen LogP contribution in [0.25, 0.3) is 0 Å². The Kier molecular flexibility index (Phi) is 7.76. The molecule has 2 atom stereocenters. The molecule has 1 aliphatic heterocycles. The Morgan fingerprint density at radius 2 is 1.45 bits per heavy atom. The van der Waals surface area contributed by atoms with Crippen LogP contribution in [0.3, 0.4) is 0 Å². The third-order valence-electron chi connectivity index (χ3n) is 8.70. The number of benzene rings is 4. The van der Waals surface area contributed by atoms with Gasteiger partial charge in [0.25, 0.3) is 5.91 Å². The number of allylic oxidation sites excluding steroid dienone is 1. The molecule has 1 N–H and O–H groups in total. The molecule has 6 rings (SSSR count). The molecule has 1 amide bonds. The first-order chi connectivity index (χ1) is 21.2. The predicted molar refractivity (Wildman–Crippen MR) is 175 cm³/mol. The van der Waals surface area contributed by atoms with Gasteiger partial charge in [0.05, 0.1) is 31.6 Å². The lowest BCUT2D eigenvalue weighted by Gasteiger charge is -2.35. The molecule has 2 aliphatic rings. The van der Waals surface area contributed by atoms with Crippen LogP contribution >= 0.6 is 0 Å². The minimum Gasteiger partial charge on any atom is -0.493 e. The summed E-state index contributed by atoms with van der Waals surface area (Å²) in [6.45, 7) is 6.60. The molecule has 0 aromatic heterocycles. The summed E-state index contributed by atoms with van der Waals surface area (Å²) >= 11 is 0. The van der Waals surface area contributed by atoms with Crippen LogP contribution in [-0.2, 0) is 10.2 Å². The monoisotopic (exact) mass is 586 g/mol. The zero-order valence-electron chi connectivity index (χ0n) is 25.9. The summed E-state index contributed by atoms with van der Waals surface area (Å²) in [6.07, 6.45) is 0.990. The lowest BCUT2D eigenvalue weighted by molar-refractivity contribution is -0.116. The van der Waals surface area contributed by atoms with Crippen molar-refractivity contribution in [2.45, 2.75) is 51.0 Å². The Morgan fingerprint density at radius 1 is 0.795 bits per heavy atom. The summed E-state index contributed by atoms with van der Waals surface area (Å²) in [7, 11) is 3.18. The molecule has 1 aliphatic carbocycles. The molecule has 4 aromatic carbocycles.